The summed E-state index contributed by atoms with van der Waals surface area (Å²) in [6, 6.07) is 0. The van der Waals surface area contributed by atoms with Gasteiger partial charge >= 0.3 is 25.7 Å². The molecule has 3 unspecified atom stereocenters. The number of carbonyl (C=O) groups is 3. The van der Waals surface area contributed by atoms with Gasteiger partial charge in [0.2, 0.25) is 0 Å². The minimum atomic E-state index is -4.76. The molecular formula is C66H117O11P. The normalized spacial score (nSPS) is 13.8. The second-order valence-corrected chi connectivity index (χ2v) is 22.7. The first-order chi connectivity index (χ1) is 38.2. The molecule has 0 aliphatic carbocycles. The highest BCUT2D eigenvalue weighted by Crippen LogP contribution is 2.43. The fourth-order valence-electron chi connectivity index (χ4n) is 8.79. The number of carbonyl (C=O) groups excluding carboxylic acids is 3. The third-order valence-corrected chi connectivity index (χ3v) is 14.6. The van der Waals surface area contributed by atoms with Crippen LogP contribution in [0.25, 0.3) is 0 Å². The molecule has 452 valence electrons. The summed E-state index contributed by atoms with van der Waals surface area (Å²) in [6.45, 7) is 4.53. The summed E-state index contributed by atoms with van der Waals surface area (Å²) in [4.78, 5) is 48.7. The summed E-state index contributed by atoms with van der Waals surface area (Å²) in [5, 5.41) is 9.85. The van der Waals surface area contributed by atoms with E-state index in [1.165, 1.54) is 135 Å². The molecule has 0 aromatic carbocycles. The average Bonchev–Trinajstić information content (AvgIpc) is 3.43. The lowest BCUT2D eigenvalue weighted by Crippen LogP contribution is -2.30. The van der Waals surface area contributed by atoms with E-state index < -0.39 is 57.8 Å². The molecule has 0 aromatic heterocycles. The Bertz CT molecular complexity index is 1590. The zero-order valence-corrected chi connectivity index (χ0v) is 51.0. The quantitative estimate of drug-likeness (QED) is 0.0197. The van der Waals surface area contributed by atoms with E-state index in [1.54, 1.807) is 0 Å². The minimum Gasteiger partial charge on any atom is -0.462 e. The zero-order valence-electron chi connectivity index (χ0n) is 50.1. The van der Waals surface area contributed by atoms with Crippen molar-refractivity contribution >= 4 is 25.7 Å². The minimum absolute atomic E-state index is 0.129. The number of allylic oxidation sites excluding steroid dienone is 12. The highest BCUT2D eigenvalue weighted by Gasteiger charge is 2.28. The Hall–Kier alpha value is -3.08. The Kier molecular flexibility index (Phi) is 57.7. The molecule has 0 spiro atoms. The molecule has 3 atom stereocenters. The van der Waals surface area contributed by atoms with Crippen molar-refractivity contribution in [2.45, 2.75) is 303 Å². The van der Waals surface area contributed by atoms with E-state index >= 15 is 0 Å². The van der Waals surface area contributed by atoms with Gasteiger partial charge in [-0.15, -0.1) is 0 Å². The maximum absolute atomic E-state index is 12.9. The van der Waals surface area contributed by atoms with Crippen molar-refractivity contribution in [1.29, 1.82) is 0 Å². The molecule has 0 saturated heterocycles. The summed E-state index contributed by atoms with van der Waals surface area (Å²) in [5.74, 6) is -1.49. The smallest absolute Gasteiger partial charge is 0.462 e. The zero-order chi connectivity index (χ0) is 56.9. The topological polar surface area (TPSA) is 155 Å². The third-order valence-electron chi connectivity index (χ3n) is 13.6. The van der Waals surface area contributed by atoms with Gasteiger partial charge in [0.15, 0.2) is 6.10 Å². The van der Waals surface area contributed by atoms with Gasteiger partial charge in [-0.1, -0.05) is 254 Å². The highest BCUT2D eigenvalue weighted by atomic mass is 31.2. The number of unbranched alkanes of at least 4 members (excludes halogenated alkanes) is 30. The first-order valence-corrected chi connectivity index (χ1v) is 33.3. The number of ether oxygens (including phenoxy) is 3. The van der Waals surface area contributed by atoms with Crippen LogP contribution in [0.4, 0.5) is 0 Å². The Morgan fingerprint density at radius 3 is 1.05 bits per heavy atom. The first kappa shape index (κ1) is 74.9. The van der Waals surface area contributed by atoms with Gasteiger partial charge in [-0.3, -0.25) is 23.4 Å². The number of hydrogen-bond acceptors (Lipinski definition) is 10. The van der Waals surface area contributed by atoms with Crippen molar-refractivity contribution in [3.63, 3.8) is 0 Å². The summed E-state index contributed by atoms with van der Waals surface area (Å²) < 4.78 is 39.6. The fourth-order valence-corrected chi connectivity index (χ4v) is 9.57. The number of phosphoric acid groups is 1. The van der Waals surface area contributed by atoms with Gasteiger partial charge in [0.1, 0.15) is 12.7 Å². The van der Waals surface area contributed by atoms with Crippen LogP contribution in [0.3, 0.4) is 0 Å². The highest BCUT2D eigenvalue weighted by molar-refractivity contribution is 7.47. The number of aliphatic hydroxyl groups is 1. The lowest BCUT2D eigenvalue weighted by molar-refractivity contribution is -0.161. The van der Waals surface area contributed by atoms with Gasteiger partial charge in [0.25, 0.3) is 0 Å². The van der Waals surface area contributed by atoms with Gasteiger partial charge < -0.3 is 24.2 Å². The van der Waals surface area contributed by atoms with Crippen LogP contribution in [0, 0.1) is 0 Å². The maximum atomic E-state index is 12.9. The lowest BCUT2D eigenvalue weighted by atomic mass is 10.0. The molecule has 11 nitrogen and oxygen atoms in total. The molecular weight excluding hydrogens is 1000 g/mol. The average molecular weight is 1120 g/mol. The van der Waals surface area contributed by atoms with Crippen molar-refractivity contribution in [3.8, 4) is 0 Å². The number of rotatable bonds is 59. The molecule has 0 aromatic rings. The van der Waals surface area contributed by atoms with E-state index in [0.717, 1.165) is 96.3 Å². The molecule has 0 aliphatic heterocycles. The SMILES string of the molecule is CC/C=C\C/C=C\C/C=C\C/C=C\C/C=C\CCCCCC(=O)OC(COC(=O)CCCCCCCCCCCCCCCCC)COP(=O)(O)OCC(CO)OC(=O)CCCCCCCCC/C=C\CCCCCCCC. The lowest BCUT2D eigenvalue weighted by Gasteiger charge is -2.21. The number of esters is 3. The van der Waals surface area contributed by atoms with Crippen LogP contribution < -0.4 is 0 Å². The molecule has 0 radical (unpaired) electrons. The van der Waals surface area contributed by atoms with Gasteiger partial charge in [0, 0.05) is 19.3 Å². The monoisotopic (exact) mass is 1120 g/mol. The fraction of sp³-hybridized carbons (Fsp3) is 0.773. The second kappa shape index (κ2) is 60.0. The van der Waals surface area contributed by atoms with E-state index in [0.29, 0.717) is 19.3 Å². The number of hydrogen-bond donors (Lipinski definition) is 2. The second-order valence-electron chi connectivity index (χ2n) is 21.2. The largest absolute Gasteiger partial charge is 0.472 e. The molecule has 0 aliphatic rings. The van der Waals surface area contributed by atoms with Gasteiger partial charge in [0.05, 0.1) is 19.8 Å². The predicted molar refractivity (Wildman–Crippen MR) is 325 cm³/mol. The Morgan fingerprint density at radius 1 is 0.372 bits per heavy atom. The van der Waals surface area contributed by atoms with Crippen LogP contribution in [0.2, 0.25) is 0 Å². The Balaban J connectivity index is 4.74. The van der Waals surface area contributed by atoms with Crippen LogP contribution in [-0.4, -0.2) is 66.5 Å². The molecule has 2 N–H and O–H groups in total. The first-order valence-electron chi connectivity index (χ1n) is 31.8. The summed E-state index contributed by atoms with van der Waals surface area (Å²) in [5.41, 5.74) is 0. The molecule has 0 amide bonds. The molecule has 0 fully saturated rings. The van der Waals surface area contributed by atoms with Gasteiger partial charge in [-0.2, -0.15) is 0 Å². The van der Waals surface area contributed by atoms with E-state index in [-0.39, 0.29) is 25.9 Å². The summed E-state index contributed by atoms with van der Waals surface area (Å²) in [7, 11) is -4.76. The standard InChI is InChI=1S/C66H117O11P/c1-4-7-10-13-16-19-22-25-28-30-31-33-36-39-42-45-48-51-54-57-66(70)77-63(59-73-64(68)55-52-49-46-43-40-37-34-27-24-21-18-15-12-9-6-3)61-75-78(71,72)74-60-62(58-67)76-65(69)56-53-50-47-44-41-38-35-32-29-26-23-20-17-14-11-8-5-2/h7,10,16,19,25-26,28-29,31,33,39,42,62-63,67H,4-6,8-9,11-15,17-18,20-24,27,30,32,34-38,40-41,43-61H2,1-3H3,(H,71,72)/b10-7-,19-16-,28-25-,29-26-,33-31-,42-39-. The van der Waals surface area contributed by atoms with Crippen LogP contribution in [0.15, 0.2) is 72.9 Å². The van der Waals surface area contributed by atoms with Crippen molar-refractivity contribution in [1.82, 2.24) is 0 Å². The van der Waals surface area contributed by atoms with Crippen LogP contribution in [0.1, 0.15) is 290 Å². The molecule has 0 rings (SSSR count). The van der Waals surface area contributed by atoms with Crippen LogP contribution in [0.5, 0.6) is 0 Å². The Labute approximate surface area is 478 Å². The van der Waals surface area contributed by atoms with E-state index in [2.05, 4.69) is 93.7 Å². The van der Waals surface area contributed by atoms with Crippen molar-refractivity contribution in [3.05, 3.63) is 72.9 Å². The molecule has 0 bridgehead atoms. The summed E-state index contributed by atoms with van der Waals surface area (Å²) in [6.07, 6.45) is 68.5. The van der Waals surface area contributed by atoms with Crippen molar-refractivity contribution in [2.75, 3.05) is 26.4 Å². The van der Waals surface area contributed by atoms with Gasteiger partial charge in [-0.05, 0) is 89.9 Å². The molecule has 0 heterocycles. The van der Waals surface area contributed by atoms with E-state index in [1.807, 2.05) is 0 Å². The van der Waals surface area contributed by atoms with E-state index in [4.69, 9.17) is 23.3 Å². The maximum Gasteiger partial charge on any atom is 0.472 e. The Morgan fingerprint density at radius 2 is 0.667 bits per heavy atom. The molecule has 78 heavy (non-hydrogen) atoms. The van der Waals surface area contributed by atoms with E-state index in [9.17, 15) is 28.9 Å². The van der Waals surface area contributed by atoms with Crippen molar-refractivity contribution < 1.29 is 52.2 Å². The molecule has 12 heteroatoms. The van der Waals surface area contributed by atoms with Crippen LogP contribution in [-0.2, 0) is 42.2 Å². The number of aliphatic hydroxyl groups excluding tert-OH is 1. The summed E-state index contributed by atoms with van der Waals surface area (Å²) >= 11 is 0. The predicted octanol–water partition coefficient (Wildman–Crippen LogP) is 19.3. The molecule has 0 saturated carbocycles. The van der Waals surface area contributed by atoms with Gasteiger partial charge in [-0.25, -0.2) is 4.57 Å². The third kappa shape index (κ3) is 57.6. The van der Waals surface area contributed by atoms with Crippen molar-refractivity contribution in [2.24, 2.45) is 0 Å². The van der Waals surface area contributed by atoms with Crippen LogP contribution >= 0.6 is 7.82 Å². The number of phosphoric ester groups is 1.